The molecule has 3 aliphatic rings. The Labute approximate surface area is 111 Å². The third kappa shape index (κ3) is 1.80. The van der Waals surface area contributed by atoms with Crippen molar-refractivity contribution < 1.29 is 19.4 Å². The molecule has 5 heteroatoms. The topological polar surface area (TPSA) is 66.8 Å². The van der Waals surface area contributed by atoms with E-state index in [-0.39, 0.29) is 18.4 Å². The molecule has 1 N–H and O–H groups in total. The quantitative estimate of drug-likeness (QED) is 0.759. The number of carboxylic acid groups (broad SMARTS) is 1. The zero-order chi connectivity index (χ0) is 13.5. The summed E-state index contributed by atoms with van der Waals surface area (Å²) in [5.41, 5.74) is 0.396. The van der Waals surface area contributed by atoms with Crippen molar-refractivity contribution in [2.75, 3.05) is 19.8 Å². The van der Waals surface area contributed by atoms with Gasteiger partial charge in [-0.25, -0.2) is 0 Å². The van der Waals surface area contributed by atoms with Crippen LogP contribution in [0.5, 0.6) is 0 Å². The Kier molecular flexibility index (Phi) is 2.93. The van der Waals surface area contributed by atoms with E-state index in [2.05, 4.69) is 12.2 Å². The molecule has 0 aromatic carbocycles. The smallest absolute Gasteiger partial charge is 0.323 e. The molecule has 5 nitrogen and oxygen atoms in total. The molecule has 2 aliphatic heterocycles. The summed E-state index contributed by atoms with van der Waals surface area (Å²) in [4.78, 5) is 25.2. The third-order valence-corrected chi connectivity index (χ3v) is 4.37. The number of carbonyl (C=O) groups excluding carboxylic acids is 1. The van der Waals surface area contributed by atoms with Crippen LogP contribution in [0.15, 0.2) is 23.9 Å². The number of amides is 1. The zero-order valence-electron chi connectivity index (χ0n) is 10.7. The number of allylic oxidation sites excluding steroid dienone is 3. The minimum atomic E-state index is -0.966. The van der Waals surface area contributed by atoms with E-state index in [4.69, 9.17) is 9.84 Å². The Morgan fingerprint density at radius 3 is 2.89 bits per heavy atom. The van der Waals surface area contributed by atoms with Gasteiger partial charge < -0.3 is 14.7 Å². The van der Waals surface area contributed by atoms with E-state index in [0.717, 1.165) is 12.1 Å². The Morgan fingerprint density at radius 1 is 1.47 bits per heavy atom. The average Bonchev–Trinajstić information content (AvgIpc) is 2.63. The van der Waals surface area contributed by atoms with Crippen LogP contribution in [0, 0.1) is 11.3 Å². The molecule has 2 fully saturated rings. The van der Waals surface area contributed by atoms with E-state index in [9.17, 15) is 9.59 Å². The van der Waals surface area contributed by atoms with Gasteiger partial charge in [-0.2, -0.15) is 0 Å². The lowest BCUT2D eigenvalue weighted by molar-refractivity contribution is -0.147. The summed E-state index contributed by atoms with van der Waals surface area (Å²) >= 11 is 0. The fourth-order valence-corrected chi connectivity index (χ4v) is 3.45. The van der Waals surface area contributed by atoms with E-state index in [1.807, 2.05) is 6.08 Å². The maximum atomic E-state index is 12.7. The van der Waals surface area contributed by atoms with Gasteiger partial charge in [0, 0.05) is 24.8 Å². The molecule has 1 atom stereocenters. The number of fused-ring (bicyclic) bond motifs is 2. The van der Waals surface area contributed by atoms with Crippen molar-refractivity contribution in [3.63, 3.8) is 0 Å². The van der Waals surface area contributed by atoms with E-state index < -0.39 is 11.4 Å². The van der Waals surface area contributed by atoms with Crippen molar-refractivity contribution in [1.82, 2.24) is 4.90 Å². The summed E-state index contributed by atoms with van der Waals surface area (Å²) in [5, 5.41) is 9.00. The molecule has 0 bridgehead atoms. The van der Waals surface area contributed by atoms with Crippen molar-refractivity contribution in [3.05, 3.63) is 23.9 Å². The zero-order valence-corrected chi connectivity index (χ0v) is 10.7. The van der Waals surface area contributed by atoms with Crippen LogP contribution < -0.4 is 0 Å². The highest BCUT2D eigenvalue weighted by Gasteiger charge is 2.56. The van der Waals surface area contributed by atoms with Crippen LogP contribution in [-0.2, 0) is 14.3 Å². The van der Waals surface area contributed by atoms with Crippen LogP contribution in [0.4, 0.5) is 0 Å². The van der Waals surface area contributed by atoms with E-state index in [1.165, 1.54) is 4.90 Å². The summed E-state index contributed by atoms with van der Waals surface area (Å²) in [6.45, 7) is 0.909. The van der Waals surface area contributed by atoms with Crippen molar-refractivity contribution in [2.45, 2.75) is 19.3 Å². The predicted molar refractivity (Wildman–Crippen MR) is 67.2 cm³/mol. The number of aliphatic carboxylic acids is 1. The molecular formula is C14H17NO4. The molecule has 2 heterocycles. The Morgan fingerprint density at radius 2 is 2.21 bits per heavy atom. The second-order valence-electron chi connectivity index (χ2n) is 5.32. The van der Waals surface area contributed by atoms with Gasteiger partial charge in [0.1, 0.15) is 6.54 Å². The van der Waals surface area contributed by atoms with Gasteiger partial charge in [-0.15, -0.1) is 0 Å². The number of rotatable bonds is 2. The number of ether oxygens (including phenoxy) is 1. The molecule has 1 unspecified atom stereocenters. The fourth-order valence-electron chi connectivity index (χ4n) is 3.45. The van der Waals surface area contributed by atoms with Crippen LogP contribution in [0.2, 0.25) is 0 Å². The normalized spacial score (nSPS) is 28.4. The Hall–Kier alpha value is -1.62. The molecule has 1 amide bonds. The van der Waals surface area contributed by atoms with E-state index in [1.54, 1.807) is 0 Å². The number of carbonyl (C=O) groups is 2. The van der Waals surface area contributed by atoms with Gasteiger partial charge in [0.25, 0.3) is 0 Å². The molecule has 0 radical (unpaired) electrons. The summed E-state index contributed by atoms with van der Waals surface area (Å²) in [5.74, 6) is -0.982. The van der Waals surface area contributed by atoms with Crippen molar-refractivity contribution >= 4 is 11.9 Å². The molecule has 1 spiro atoms. The lowest BCUT2D eigenvalue weighted by atomic mass is 9.70. The number of hydrogen-bond donors (Lipinski definition) is 1. The van der Waals surface area contributed by atoms with Gasteiger partial charge in [-0.1, -0.05) is 18.2 Å². The fraction of sp³-hybridized carbons (Fsp3) is 0.571. The second-order valence-corrected chi connectivity index (χ2v) is 5.32. The first-order valence-electron chi connectivity index (χ1n) is 6.63. The number of likely N-dealkylation sites (tertiary alicyclic amines) is 1. The highest BCUT2D eigenvalue weighted by molar-refractivity contribution is 5.92. The molecule has 102 valence electrons. The average molecular weight is 263 g/mol. The lowest BCUT2D eigenvalue weighted by Gasteiger charge is -2.35. The first kappa shape index (κ1) is 12.4. The molecule has 19 heavy (non-hydrogen) atoms. The van der Waals surface area contributed by atoms with Gasteiger partial charge in [0.2, 0.25) is 5.91 Å². The monoisotopic (exact) mass is 263 g/mol. The maximum absolute atomic E-state index is 12.7. The number of hydrogen-bond acceptors (Lipinski definition) is 3. The standard InChI is InChI=1S/C14H17NO4/c16-12(17)9-15-11-4-2-1-3-10(11)14(13(15)18)5-7-19-8-6-14/h1,3-4,10H,2,5-9H2,(H,16,17). The van der Waals surface area contributed by atoms with Crippen molar-refractivity contribution in [3.8, 4) is 0 Å². The van der Waals surface area contributed by atoms with Crippen LogP contribution in [-0.4, -0.2) is 41.6 Å². The van der Waals surface area contributed by atoms with Crippen LogP contribution in [0.3, 0.4) is 0 Å². The minimum Gasteiger partial charge on any atom is -0.480 e. The SMILES string of the molecule is O=C(O)CN1C(=O)C2(CCOCC2)C2C=CCC=C21. The first-order chi connectivity index (χ1) is 9.15. The predicted octanol–water partition coefficient (Wildman–Crippen LogP) is 1.17. The van der Waals surface area contributed by atoms with Crippen LogP contribution in [0.25, 0.3) is 0 Å². The van der Waals surface area contributed by atoms with Crippen LogP contribution in [0.1, 0.15) is 19.3 Å². The summed E-state index contributed by atoms with van der Waals surface area (Å²) in [7, 11) is 0. The molecule has 2 saturated heterocycles. The Balaban J connectivity index is 1.99. The molecule has 3 rings (SSSR count). The highest BCUT2D eigenvalue weighted by atomic mass is 16.5. The summed E-state index contributed by atoms with van der Waals surface area (Å²) < 4.78 is 5.37. The summed E-state index contributed by atoms with van der Waals surface area (Å²) in [6, 6.07) is 0. The lowest BCUT2D eigenvalue weighted by Crippen LogP contribution is -2.42. The molecule has 0 aromatic rings. The van der Waals surface area contributed by atoms with Crippen LogP contribution >= 0.6 is 0 Å². The molecule has 0 aromatic heterocycles. The van der Waals surface area contributed by atoms with Crippen molar-refractivity contribution in [1.29, 1.82) is 0 Å². The maximum Gasteiger partial charge on any atom is 0.323 e. The van der Waals surface area contributed by atoms with Gasteiger partial charge in [-0.3, -0.25) is 9.59 Å². The molecule has 0 saturated carbocycles. The highest BCUT2D eigenvalue weighted by Crippen LogP contribution is 2.51. The van der Waals surface area contributed by atoms with Gasteiger partial charge in [0.05, 0.1) is 5.41 Å². The number of carboxylic acids is 1. The molecular weight excluding hydrogens is 246 g/mol. The van der Waals surface area contributed by atoms with Gasteiger partial charge in [-0.05, 0) is 19.3 Å². The van der Waals surface area contributed by atoms with Crippen molar-refractivity contribution in [2.24, 2.45) is 11.3 Å². The minimum absolute atomic E-state index is 0.0250. The second kappa shape index (κ2) is 4.49. The third-order valence-electron chi connectivity index (χ3n) is 4.37. The first-order valence-corrected chi connectivity index (χ1v) is 6.63. The van der Waals surface area contributed by atoms with Gasteiger partial charge in [0.15, 0.2) is 0 Å². The van der Waals surface area contributed by atoms with Gasteiger partial charge >= 0.3 is 5.97 Å². The van der Waals surface area contributed by atoms with E-state index >= 15 is 0 Å². The largest absolute Gasteiger partial charge is 0.480 e. The molecule has 1 aliphatic carbocycles. The number of nitrogens with zero attached hydrogens (tertiary/aromatic N) is 1. The van der Waals surface area contributed by atoms with E-state index in [0.29, 0.717) is 26.1 Å². The summed E-state index contributed by atoms with van der Waals surface area (Å²) in [6.07, 6.45) is 8.23. The Bertz CT molecular complexity index is 474.